The second kappa shape index (κ2) is 5.80. The number of benzene rings is 1. The predicted octanol–water partition coefficient (Wildman–Crippen LogP) is 4.22. The summed E-state index contributed by atoms with van der Waals surface area (Å²) in [5.74, 6) is -0.140. The van der Waals surface area contributed by atoms with Crippen molar-refractivity contribution in [1.29, 1.82) is 0 Å². The standard InChI is InChI=1S/C16H20FNOS/c1-10(2)19-9-12-15(8-18-11-6-7-11)20-14-5-3-4-13(17)16(12)14/h3-5,10-11,18H,6-9H2,1-2H3. The smallest absolute Gasteiger partial charge is 0.132 e. The molecule has 2 aromatic rings. The molecule has 1 N–H and O–H groups in total. The molecule has 1 fully saturated rings. The van der Waals surface area contributed by atoms with Crippen LogP contribution in [0, 0.1) is 5.82 Å². The minimum absolute atomic E-state index is 0.140. The Morgan fingerprint density at radius 1 is 1.40 bits per heavy atom. The van der Waals surface area contributed by atoms with Gasteiger partial charge in [-0.3, -0.25) is 0 Å². The minimum Gasteiger partial charge on any atom is -0.374 e. The number of thiophene rings is 1. The van der Waals surface area contributed by atoms with Gasteiger partial charge < -0.3 is 10.1 Å². The third-order valence-corrected chi connectivity index (χ3v) is 4.73. The molecule has 1 aliphatic rings. The van der Waals surface area contributed by atoms with Crippen LogP contribution in [0.25, 0.3) is 10.1 Å². The first-order chi connectivity index (χ1) is 9.65. The Morgan fingerprint density at radius 3 is 2.90 bits per heavy atom. The molecule has 0 amide bonds. The second-order valence-corrected chi connectivity index (χ2v) is 6.77. The van der Waals surface area contributed by atoms with Crippen molar-refractivity contribution in [1.82, 2.24) is 5.32 Å². The number of rotatable bonds is 6. The van der Waals surface area contributed by atoms with Crippen molar-refractivity contribution in [3.8, 4) is 0 Å². The van der Waals surface area contributed by atoms with Crippen LogP contribution in [0.2, 0.25) is 0 Å². The maximum Gasteiger partial charge on any atom is 0.132 e. The molecule has 1 aliphatic carbocycles. The first kappa shape index (κ1) is 14.0. The predicted molar refractivity (Wildman–Crippen MR) is 81.6 cm³/mol. The fourth-order valence-electron chi connectivity index (χ4n) is 2.29. The molecule has 4 heteroatoms. The number of nitrogens with one attached hydrogen (secondary N) is 1. The van der Waals surface area contributed by atoms with Crippen molar-refractivity contribution < 1.29 is 9.13 Å². The van der Waals surface area contributed by atoms with Gasteiger partial charge in [0.2, 0.25) is 0 Å². The maximum absolute atomic E-state index is 14.1. The average Bonchev–Trinajstić information content (AvgIpc) is 3.15. The number of fused-ring (bicyclic) bond motifs is 1. The molecular weight excluding hydrogens is 273 g/mol. The van der Waals surface area contributed by atoms with Crippen molar-refractivity contribution in [2.45, 2.75) is 52.0 Å². The van der Waals surface area contributed by atoms with Crippen LogP contribution in [0.3, 0.4) is 0 Å². The van der Waals surface area contributed by atoms with Gasteiger partial charge in [-0.15, -0.1) is 11.3 Å². The molecule has 20 heavy (non-hydrogen) atoms. The molecule has 1 heterocycles. The van der Waals surface area contributed by atoms with Crippen molar-refractivity contribution in [2.24, 2.45) is 0 Å². The Bertz CT molecular complexity index is 604. The van der Waals surface area contributed by atoms with E-state index >= 15 is 0 Å². The zero-order valence-corrected chi connectivity index (χ0v) is 12.7. The molecule has 0 spiro atoms. The van der Waals surface area contributed by atoms with Crippen molar-refractivity contribution in [3.63, 3.8) is 0 Å². The summed E-state index contributed by atoms with van der Waals surface area (Å²) in [6.45, 7) is 5.32. The molecule has 0 aliphatic heterocycles. The van der Waals surface area contributed by atoms with E-state index in [9.17, 15) is 4.39 Å². The fraction of sp³-hybridized carbons (Fsp3) is 0.500. The van der Waals surface area contributed by atoms with E-state index in [0.717, 1.165) is 22.2 Å². The monoisotopic (exact) mass is 293 g/mol. The van der Waals surface area contributed by atoms with Gasteiger partial charge >= 0.3 is 0 Å². The van der Waals surface area contributed by atoms with Gasteiger partial charge in [0.15, 0.2) is 0 Å². The van der Waals surface area contributed by atoms with E-state index in [1.54, 1.807) is 17.4 Å². The normalized spacial score (nSPS) is 15.4. The van der Waals surface area contributed by atoms with Gasteiger partial charge in [0.1, 0.15) is 5.82 Å². The third kappa shape index (κ3) is 3.03. The van der Waals surface area contributed by atoms with E-state index in [0.29, 0.717) is 12.6 Å². The molecule has 1 saturated carbocycles. The topological polar surface area (TPSA) is 21.3 Å². The molecule has 1 aromatic heterocycles. The van der Waals surface area contributed by atoms with E-state index in [1.165, 1.54) is 23.8 Å². The molecule has 0 unspecified atom stereocenters. The number of hydrogen-bond donors (Lipinski definition) is 1. The van der Waals surface area contributed by atoms with Crippen molar-refractivity contribution in [3.05, 3.63) is 34.5 Å². The SMILES string of the molecule is CC(C)OCc1c(CNC2CC2)sc2cccc(F)c12. The van der Waals surface area contributed by atoms with Crippen LogP contribution in [0.1, 0.15) is 37.1 Å². The molecule has 108 valence electrons. The number of hydrogen-bond acceptors (Lipinski definition) is 3. The molecule has 2 nitrogen and oxygen atoms in total. The van der Waals surface area contributed by atoms with Gasteiger partial charge in [0.05, 0.1) is 12.7 Å². The lowest BCUT2D eigenvalue weighted by molar-refractivity contribution is 0.0661. The summed E-state index contributed by atoms with van der Waals surface area (Å²) in [6.07, 6.45) is 2.68. The zero-order valence-electron chi connectivity index (χ0n) is 11.9. The third-order valence-electron chi connectivity index (χ3n) is 3.54. The van der Waals surface area contributed by atoms with Crippen LogP contribution in [0.15, 0.2) is 18.2 Å². The lowest BCUT2D eigenvalue weighted by Crippen LogP contribution is -2.15. The Labute approximate surface area is 122 Å². The van der Waals surface area contributed by atoms with Gasteiger partial charge in [-0.25, -0.2) is 4.39 Å². The minimum atomic E-state index is -0.140. The molecule has 3 rings (SSSR count). The highest BCUT2D eigenvalue weighted by Crippen LogP contribution is 2.34. The van der Waals surface area contributed by atoms with Crippen LogP contribution in [-0.2, 0) is 17.9 Å². The second-order valence-electron chi connectivity index (χ2n) is 5.63. The molecular formula is C16H20FNOS. The summed E-state index contributed by atoms with van der Waals surface area (Å²) in [5, 5.41) is 4.26. The van der Waals surface area contributed by atoms with Crippen molar-refractivity contribution in [2.75, 3.05) is 0 Å². The summed E-state index contributed by atoms with van der Waals surface area (Å²) in [4.78, 5) is 1.21. The quantitative estimate of drug-likeness (QED) is 0.861. The van der Waals surface area contributed by atoms with Crippen LogP contribution in [0.4, 0.5) is 4.39 Å². The fourth-order valence-corrected chi connectivity index (χ4v) is 3.46. The Morgan fingerprint density at radius 2 is 2.20 bits per heavy atom. The van der Waals surface area contributed by atoms with Gasteiger partial charge in [-0.2, -0.15) is 0 Å². The first-order valence-corrected chi connectivity index (χ1v) is 8.00. The summed E-state index contributed by atoms with van der Waals surface area (Å²) in [7, 11) is 0. The van der Waals surface area contributed by atoms with E-state index in [4.69, 9.17) is 4.74 Å². The van der Waals surface area contributed by atoms with Crippen LogP contribution >= 0.6 is 11.3 Å². The molecule has 1 aromatic carbocycles. The van der Waals surface area contributed by atoms with E-state index < -0.39 is 0 Å². The molecule has 0 bridgehead atoms. The van der Waals surface area contributed by atoms with Gasteiger partial charge in [-0.05, 0) is 38.8 Å². The zero-order chi connectivity index (χ0) is 14.1. The highest BCUT2D eigenvalue weighted by molar-refractivity contribution is 7.19. The Balaban J connectivity index is 1.93. The summed E-state index contributed by atoms with van der Waals surface area (Å²) < 4.78 is 20.9. The van der Waals surface area contributed by atoms with Crippen molar-refractivity contribution >= 4 is 21.4 Å². The lowest BCUT2D eigenvalue weighted by Gasteiger charge is -2.10. The lowest BCUT2D eigenvalue weighted by atomic mass is 10.1. The van der Waals surface area contributed by atoms with Crippen LogP contribution < -0.4 is 5.32 Å². The van der Waals surface area contributed by atoms with E-state index in [-0.39, 0.29) is 11.9 Å². The Kier molecular flexibility index (Phi) is 4.06. The van der Waals surface area contributed by atoms with Gasteiger partial charge in [0, 0.05) is 33.1 Å². The van der Waals surface area contributed by atoms with Gasteiger partial charge in [0.25, 0.3) is 0 Å². The summed E-state index contributed by atoms with van der Waals surface area (Å²) in [5.41, 5.74) is 1.02. The largest absolute Gasteiger partial charge is 0.374 e. The molecule has 0 saturated heterocycles. The molecule has 0 radical (unpaired) electrons. The summed E-state index contributed by atoms with van der Waals surface area (Å²) in [6, 6.07) is 5.96. The average molecular weight is 293 g/mol. The van der Waals surface area contributed by atoms with Crippen LogP contribution in [0.5, 0.6) is 0 Å². The Hall–Kier alpha value is -0.970. The summed E-state index contributed by atoms with van der Waals surface area (Å²) >= 11 is 1.68. The first-order valence-electron chi connectivity index (χ1n) is 7.19. The van der Waals surface area contributed by atoms with Crippen LogP contribution in [-0.4, -0.2) is 12.1 Å². The van der Waals surface area contributed by atoms with Gasteiger partial charge in [-0.1, -0.05) is 6.07 Å². The number of ether oxygens (including phenoxy) is 1. The maximum atomic E-state index is 14.1. The molecule has 0 atom stereocenters. The van der Waals surface area contributed by atoms with E-state index in [2.05, 4.69) is 5.32 Å². The van der Waals surface area contributed by atoms with E-state index in [1.807, 2.05) is 19.9 Å². The highest BCUT2D eigenvalue weighted by Gasteiger charge is 2.22. The number of halogens is 1. The highest BCUT2D eigenvalue weighted by atomic mass is 32.1.